The lowest BCUT2D eigenvalue weighted by atomic mass is 9.93. The third-order valence-corrected chi connectivity index (χ3v) is 6.22. The Kier molecular flexibility index (Phi) is 13.7. The molecule has 0 bridgehead atoms. The highest BCUT2D eigenvalue weighted by atomic mass is 32.3. The van der Waals surface area contributed by atoms with Gasteiger partial charge >= 0.3 is 10.4 Å². The van der Waals surface area contributed by atoms with E-state index >= 15 is 0 Å². The predicted molar refractivity (Wildman–Crippen MR) is 125 cm³/mol. The fourth-order valence-electron chi connectivity index (χ4n) is 3.95. The lowest BCUT2D eigenvalue weighted by Gasteiger charge is -2.15. The van der Waals surface area contributed by atoms with Crippen molar-refractivity contribution in [3.05, 3.63) is 17.7 Å². The van der Waals surface area contributed by atoms with Gasteiger partial charge in [-0.05, 0) is 18.4 Å². The van der Waals surface area contributed by atoms with Crippen LogP contribution in [-0.4, -0.2) is 23.2 Å². The Morgan fingerprint density at radius 1 is 0.774 bits per heavy atom. The van der Waals surface area contributed by atoms with Crippen LogP contribution in [0.4, 0.5) is 0 Å². The summed E-state index contributed by atoms with van der Waals surface area (Å²) in [5.74, 6) is -1.07. The first-order valence-electron chi connectivity index (χ1n) is 12.0. The maximum absolute atomic E-state index is 10.8. The first-order chi connectivity index (χ1) is 14.7. The van der Waals surface area contributed by atoms with Gasteiger partial charge in [0.15, 0.2) is 11.5 Å². The summed E-state index contributed by atoms with van der Waals surface area (Å²) in [5, 5.41) is 20.0. The van der Waals surface area contributed by atoms with Crippen LogP contribution in [-0.2, 0) is 10.4 Å². The molecule has 6 nitrogen and oxygen atoms in total. The Balaban J connectivity index is 2.14. The van der Waals surface area contributed by atoms with Crippen LogP contribution in [0, 0.1) is 0 Å². The van der Waals surface area contributed by atoms with Crippen LogP contribution in [0.5, 0.6) is 17.2 Å². The molecule has 0 aliphatic rings. The summed E-state index contributed by atoms with van der Waals surface area (Å²) in [6.45, 7) is 4.21. The highest BCUT2D eigenvalue weighted by molar-refractivity contribution is 7.81. The molecular formula is C24H42O6S. The summed E-state index contributed by atoms with van der Waals surface area (Å²) in [5.41, 5.74) is 0.537. The van der Waals surface area contributed by atoms with Crippen LogP contribution in [0.3, 0.4) is 0 Å². The van der Waals surface area contributed by atoms with Crippen LogP contribution in [0.2, 0.25) is 0 Å². The molecule has 0 fully saturated rings. The van der Waals surface area contributed by atoms with Crippen molar-refractivity contribution in [3.63, 3.8) is 0 Å². The number of phenolic OH excluding ortho intramolecular Hbond substituents is 2. The fraction of sp³-hybridized carbons (Fsp3) is 0.750. The Morgan fingerprint density at radius 3 is 1.68 bits per heavy atom. The van der Waals surface area contributed by atoms with Crippen molar-refractivity contribution in [1.82, 2.24) is 0 Å². The fourth-order valence-corrected chi connectivity index (χ4v) is 4.31. The molecule has 0 aliphatic carbocycles. The number of hydrogen-bond acceptors (Lipinski definition) is 5. The van der Waals surface area contributed by atoms with E-state index in [4.69, 9.17) is 4.55 Å². The molecule has 1 atom stereocenters. The van der Waals surface area contributed by atoms with E-state index in [1.807, 2.05) is 6.92 Å². The molecule has 1 rings (SSSR count). The normalized spacial score (nSPS) is 12.7. The van der Waals surface area contributed by atoms with Crippen LogP contribution in [0.15, 0.2) is 12.1 Å². The highest BCUT2D eigenvalue weighted by Gasteiger charge is 2.18. The maximum atomic E-state index is 10.8. The molecule has 1 aromatic carbocycles. The third kappa shape index (κ3) is 12.9. The molecule has 0 aromatic heterocycles. The van der Waals surface area contributed by atoms with Crippen LogP contribution in [0.25, 0.3) is 0 Å². The van der Waals surface area contributed by atoms with E-state index in [2.05, 4.69) is 11.1 Å². The molecule has 1 unspecified atom stereocenters. The van der Waals surface area contributed by atoms with Crippen molar-refractivity contribution in [2.24, 2.45) is 0 Å². The van der Waals surface area contributed by atoms with Crippen molar-refractivity contribution in [3.8, 4) is 17.2 Å². The minimum atomic E-state index is -4.76. The second-order valence-electron chi connectivity index (χ2n) is 8.68. The lowest BCUT2D eigenvalue weighted by molar-refractivity contribution is 0.367. The lowest BCUT2D eigenvalue weighted by Crippen LogP contribution is -2.07. The summed E-state index contributed by atoms with van der Waals surface area (Å²) in [6, 6.07) is 2.31. The van der Waals surface area contributed by atoms with Gasteiger partial charge < -0.3 is 14.4 Å². The average Bonchev–Trinajstić information content (AvgIpc) is 2.69. The van der Waals surface area contributed by atoms with Crippen molar-refractivity contribution >= 4 is 10.4 Å². The molecule has 0 saturated heterocycles. The van der Waals surface area contributed by atoms with Gasteiger partial charge in [-0.3, -0.25) is 4.55 Å². The van der Waals surface area contributed by atoms with Gasteiger partial charge in [0, 0.05) is 11.6 Å². The summed E-state index contributed by atoms with van der Waals surface area (Å²) >= 11 is 0. The molecule has 3 N–H and O–H groups in total. The third-order valence-electron chi connectivity index (χ3n) is 5.82. The Bertz CT molecular complexity index is 717. The molecule has 31 heavy (non-hydrogen) atoms. The Labute approximate surface area is 189 Å². The van der Waals surface area contributed by atoms with E-state index in [0.717, 1.165) is 25.3 Å². The molecule has 0 amide bonds. The van der Waals surface area contributed by atoms with Crippen molar-refractivity contribution in [1.29, 1.82) is 0 Å². The molecule has 0 radical (unpaired) electrons. The summed E-state index contributed by atoms with van der Waals surface area (Å²) in [7, 11) is -4.76. The molecule has 7 heteroatoms. The minimum absolute atomic E-state index is 0.0167. The predicted octanol–water partition coefficient (Wildman–Crippen LogP) is 7.25. The van der Waals surface area contributed by atoms with E-state index < -0.39 is 21.9 Å². The summed E-state index contributed by atoms with van der Waals surface area (Å²) < 4.78 is 34.5. The molecule has 0 aliphatic heterocycles. The molecule has 0 heterocycles. The van der Waals surface area contributed by atoms with Crippen molar-refractivity contribution in [2.75, 3.05) is 0 Å². The quantitative estimate of drug-likeness (QED) is 0.121. The van der Waals surface area contributed by atoms with Gasteiger partial charge in [0.2, 0.25) is 0 Å². The summed E-state index contributed by atoms with van der Waals surface area (Å²) in [6.07, 6.45) is 19.1. The number of benzene rings is 1. The van der Waals surface area contributed by atoms with Crippen LogP contribution < -0.4 is 4.18 Å². The standard InChI is InChI=1S/C24H42O6S/c1-3-4-5-6-7-8-9-10-11-12-13-14-15-16-17-20(2)21-18-23(26)24(19-22(21)25)30-31(27,28)29/h18-20,25-26H,3-17H2,1-2H3,(H,27,28,29). The van der Waals surface area contributed by atoms with Gasteiger partial charge in [-0.2, -0.15) is 8.42 Å². The second kappa shape index (κ2) is 15.4. The molecule has 0 spiro atoms. The zero-order valence-electron chi connectivity index (χ0n) is 19.3. The van der Waals surface area contributed by atoms with Gasteiger partial charge in [-0.1, -0.05) is 104 Å². The van der Waals surface area contributed by atoms with Gasteiger partial charge in [-0.25, -0.2) is 0 Å². The molecule has 180 valence electrons. The summed E-state index contributed by atoms with van der Waals surface area (Å²) in [4.78, 5) is 0. The monoisotopic (exact) mass is 458 g/mol. The second-order valence-corrected chi connectivity index (χ2v) is 9.70. The van der Waals surface area contributed by atoms with E-state index in [1.165, 1.54) is 83.1 Å². The topological polar surface area (TPSA) is 104 Å². The smallest absolute Gasteiger partial charge is 0.446 e. The van der Waals surface area contributed by atoms with E-state index in [-0.39, 0.29) is 11.7 Å². The van der Waals surface area contributed by atoms with E-state index in [0.29, 0.717) is 5.56 Å². The number of rotatable bonds is 18. The number of hydrogen-bond donors (Lipinski definition) is 3. The molecule has 1 aromatic rings. The zero-order chi connectivity index (χ0) is 23.1. The van der Waals surface area contributed by atoms with Gasteiger partial charge in [0.25, 0.3) is 0 Å². The maximum Gasteiger partial charge on any atom is 0.446 e. The molecule has 0 saturated carbocycles. The van der Waals surface area contributed by atoms with Gasteiger partial charge in [0.1, 0.15) is 5.75 Å². The number of phenols is 2. The SMILES string of the molecule is CCCCCCCCCCCCCCCCC(C)c1cc(O)c(OS(=O)(=O)O)cc1O. The van der Waals surface area contributed by atoms with Crippen LogP contribution >= 0.6 is 0 Å². The van der Waals surface area contributed by atoms with Crippen LogP contribution in [0.1, 0.15) is 122 Å². The zero-order valence-corrected chi connectivity index (χ0v) is 20.1. The number of unbranched alkanes of at least 4 members (excludes halogenated alkanes) is 13. The average molecular weight is 459 g/mol. The van der Waals surface area contributed by atoms with Crippen molar-refractivity contribution < 1.29 is 27.4 Å². The van der Waals surface area contributed by atoms with Gasteiger partial charge in [0.05, 0.1) is 0 Å². The van der Waals surface area contributed by atoms with E-state index in [9.17, 15) is 18.6 Å². The van der Waals surface area contributed by atoms with E-state index in [1.54, 1.807) is 0 Å². The van der Waals surface area contributed by atoms with Gasteiger partial charge in [-0.15, -0.1) is 0 Å². The van der Waals surface area contributed by atoms with Crippen molar-refractivity contribution in [2.45, 2.75) is 116 Å². The molecular weight excluding hydrogens is 416 g/mol. The first-order valence-corrected chi connectivity index (χ1v) is 13.3. The number of aromatic hydroxyl groups is 2. The Hall–Kier alpha value is -1.47. The first kappa shape index (κ1) is 27.6. The Morgan fingerprint density at radius 2 is 1.23 bits per heavy atom. The highest BCUT2D eigenvalue weighted by Crippen LogP contribution is 2.39. The largest absolute Gasteiger partial charge is 0.508 e. The minimum Gasteiger partial charge on any atom is -0.508 e.